The van der Waals surface area contributed by atoms with Crippen molar-refractivity contribution >= 4 is 7.69 Å². The van der Waals surface area contributed by atoms with Crippen molar-refractivity contribution in [3.05, 3.63) is 0 Å². The Bertz CT molecular complexity index is 135. The topological polar surface area (TPSA) is 30.5 Å². The van der Waals surface area contributed by atoms with Crippen LogP contribution < -0.4 is 5.32 Å². The molecule has 13 heavy (non-hydrogen) atoms. The van der Waals surface area contributed by atoms with E-state index in [1.54, 1.807) is 0 Å². The summed E-state index contributed by atoms with van der Waals surface area (Å²) in [5, 5.41) is 3.31. The molecular formula is C9H19BNO2. The molecule has 0 saturated carbocycles. The van der Waals surface area contributed by atoms with Crippen LogP contribution in [0.5, 0.6) is 0 Å². The third-order valence-corrected chi connectivity index (χ3v) is 2.38. The molecule has 4 heteroatoms. The van der Waals surface area contributed by atoms with Gasteiger partial charge in [0.25, 0.3) is 0 Å². The Labute approximate surface area is 81.5 Å². The highest BCUT2D eigenvalue weighted by Gasteiger charge is 2.21. The minimum atomic E-state index is 0.283. The van der Waals surface area contributed by atoms with Gasteiger partial charge in [-0.25, -0.2) is 0 Å². The second-order valence-corrected chi connectivity index (χ2v) is 3.61. The van der Waals surface area contributed by atoms with Crippen LogP contribution in [-0.4, -0.2) is 33.5 Å². The second kappa shape index (κ2) is 6.41. The van der Waals surface area contributed by atoms with Gasteiger partial charge in [-0.05, 0) is 25.3 Å². The number of hydrogen-bond acceptors (Lipinski definition) is 3. The predicted molar refractivity (Wildman–Crippen MR) is 53.5 cm³/mol. The van der Waals surface area contributed by atoms with Crippen LogP contribution in [0.1, 0.15) is 26.7 Å². The summed E-state index contributed by atoms with van der Waals surface area (Å²) >= 11 is 0. The molecule has 1 rings (SSSR count). The summed E-state index contributed by atoms with van der Waals surface area (Å²) in [5.74, 6) is 0.628. The maximum Gasteiger partial charge on any atom is 0.488 e. The fourth-order valence-corrected chi connectivity index (χ4v) is 1.42. The van der Waals surface area contributed by atoms with Crippen LogP contribution >= 0.6 is 0 Å². The molecule has 0 bridgehead atoms. The molecule has 0 aromatic rings. The van der Waals surface area contributed by atoms with E-state index in [9.17, 15) is 0 Å². The zero-order valence-corrected chi connectivity index (χ0v) is 8.58. The Morgan fingerprint density at radius 2 is 2.38 bits per heavy atom. The van der Waals surface area contributed by atoms with E-state index in [2.05, 4.69) is 19.2 Å². The summed E-state index contributed by atoms with van der Waals surface area (Å²) in [6.07, 6.45) is 2.50. The Morgan fingerprint density at radius 3 is 3.08 bits per heavy atom. The summed E-state index contributed by atoms with van der Waals surface area (Å²) in [6, 6.07) is 0. The van der Waals surface area contributed by atoms with Crippen molar-refractivity contribution in [2.75, 3.05) is 19.7 Å². The van der Waals surface area contributed by atoms with E-state index in [0.29, 0.717) is 5.92 Å². The summed E-state index contributed by atoms with van der Waals surface area (Å²) in [5.41, 5.74) is 0. The zero-order valence-electron chi connectivity index (χ0n) is 8.58. The van der Waals surface area contributed by atoms with E-state index in [0.717, 1.165) is 26.1 Å². The highest BCUT2D eigenvalue weighted by atomic mass is 16.6. The molecule has 3 nitrogen and oxygen atoms in total. The number of piperidine rings is 1. The Balaban J connectivity index is 2.05. The van der Waals surface area contributed by atoms with Crippen LogP contribution in [0.3, 0.4) is 0 Å². The van der Waals surface area contributed by atoms with Gasteiger partial charge in [-0.3, -0.25) is 0 Å². The molecule has 0 spiro atoms. The summed E-state index contributed by atoms with van der Waals surface area (Å²) in [6.45, 7) is 7.09. The van der Waals surface area contributed by atoms with Crippen LogP contribution in [0, 0.1) is 5.92 Å². The second-order valence-electron chi connectivity index (χ2n) is 3.61. The van der Waals surface area contributed by atoms with Crippen molar-refractivity contribution in [3.63, 3.8) is 0 Å². The smallest absolute Gasteiger partial charge is 0.413 e. The maximum atomic E-state index is 5.49. The van der Waals surface area contributed by atoms with Crippen molar-refractivity contribution in [1.29, 1.82) is 0 Å². The molecule has 0 aromatic heterocycles. The van der Waals surface area contributed by atoms with Crippen LogP contribution in [0.4, 0.5) is 0 Å². The fraction of sp³-hybridized carbons (Fsp3) is 1.00. The van der Waals surface area contributed by atoms with Crippen molar-refractivity contribution in [2.24, 2.45) is 5.92 Å². The monoisotopic (exact) mass is 184 g/mol. The first-order valence-corrected chi connectivity index (χ1v) is 5.14. The normalized spacial score (nSPS) is 28.8. The number of hydrogen-bond donors (Lipinski definition) is 1. The van der Waals surface area contributed by atoms with Crippen molar-refractivity contribution in [3.8, 4) is 0 Å². The molecule has 1 saturated heterocycles. The SMILES string of the molecule is CCCO[B]OC1CNCCC1C. The average Bonchev–Trinajstić information content (AvgIpc) is 2.15. The largest absolute Gasteiger partial charge is 0.488 e. The minimum absolute atomic E-state index is 0.283. The zero-order chi connectivity index (χ0) is 9.52. The van der Waals surface area contributed by atoms with Gasteiger partial charge in [0, 0.05) is 13.2 Å². The number of nitrogens with one attached hydrogen (secondary N) is 1. The lowest BCUT2D eigenvalue weighted by atomic mass is 9.97. The fourth-order valence-electron chi connectivity index (χ4n) is 1.42. The van der Waals surface area contributed by atoms with E-state index in [4.69, 9.17) is 9.31 Å². The lowest BCUT2D eigenvalue weighted by molar-refractivity contribution is 0.0905. The molecule has 1 fully saturated rings. The van der Waals surface area contributed by atoms with Crippen LogP contribution in [0.15, 0.2) is 0 Å². The lowest BCUT2D eigenvalue weighted by Crippen LogP contribution is -2.41. The van der Waals surface area contributed by atoms with Crippen LogP contribution in [-0.2, 0) is 9.31 Å². The standard InChI is InChI=1S/C9H19BNO2/c1-3-6-12-10-13-9-7-11-5-4-8(9)2/h8-9,11H,3-7H2,1-2H3. The molecule has 0 amide bonds. The third kappa shape index (κ3) is 4.11. The van der Waals surface area contributed by atoms with Gasteiger partial charge in [0.2, 0.25) is 0 Å². The molecule has 1 N–H and O–H groups in total. The molecule has 1 radical (unpaired) electrons. The first kappa shape index (κ1) is 11.0. The Kier molecular flexibility index (Phi) is 5.43. The highest BCUT2D eigenvalue weighted by Crippen LogP contribution is 2.13. The summed E-state index contributed by atoms with van der Waals surface area (Å²) in [7, 11) is 1.50. The lowest BCUT2D eigenvalue weighted by Gasteiger charge is -2.29. The van der Waals surface area contributed by atoms with E-state index >= 15 is 0 Å². The molecule has 2 unspecified atom stereocenters. The van der Waals surface area contributed by atoms with Crippen molar-refractivity contribution < 1.29 is 9.31 Å². The molecule has 0 aliphatic carbocycles. The first-order chi connectivity index (χ1) is 6.34. The average molecular weight is 184 g/mol. The minimum Gasteiger partial charge on any atom is -0.413 e. The molecule has 1 aliphatic rings. The summed E-state index contributed by atoms with van der Waals surface area (Å²) in [4.78, 5) is 0. The molecule has 2 atom stereocenters. The van der Waals surface area contributed by atoms with Gasteiger partial charge < -0.3 is 14.6 Å². The maximum absolute atomic E-state index is 5.49. The first-order valence-electron chi connectivity index (χ1n) is 5.14. The predicted octanol–water partition coefficient (Wildman–Crippen LogP) is 0.962. The Hall–Kier alpha value is -0.0551. The van der Waals surface area contributed by atoms with Crippen LogP contribution in [0.2, 0.25) is 0 Å². The van der Waals surface area contributed by atoms with E-state index in [1.165, 1.54) is 14.1 Å². The molecule has 0 aromatic carbocycles. The van der Waals surface area contributed by atoms with Gasteiger partial charge in [0.1, 0.15) is 0 Å². The van der Waals surface area contributed by atoms with E-state index in [1.807, 2.05) is 0 Å². The number of rotatable bonds is 5. The highest BCUT2D eigenvalue weighted by molar-refractivity contribution is 6.18. The van der Waals surface area contributed by atoms with Gasteiger partial charge in [0.05, 0.1) is 6.10 Å². The van der Waals surface area contributed by atoms with Gasteiger partial charge in [-0.15, -0.1) is 0 Å². The third-order valence-electron chi connectivity index (χ3n) is 2.38. The van der Waals surface area contributed by atoms with Gasteiger partial charge in [-0.1, -0.05) is 13.8 Å². The summed E-state index contributed by atoms with van der Waals surface area (Å²) < 4.78 is 10.6. The quantitative estimate of drug-likeness (QED) is 0.510. The molecule has 75 valence electrons. The van der Waals surface area contributed by atoms with Crippen molar-refractivity contribution in [1.82, 2.24) is 5.32 Å². The van der Waals surface area contributed by atoms with E-state index in [-0.39, 0.29) is 6.10 Å². The molecule has 1 heterocycles. The van der Waals surface area contributed by atoms with Crippen molar-refractivity contribution in [2.45, 2.75) is 32.8 Å². The van der Waals surface area contributed by atoms with Crippen LogP contribution in [0.25, 0.3) is 0 Å². The Morgan fingerprint density at radius 1 is 1.54 bits per heavy atom. The van der Waals surface area contributed by atoms with Gasteiger partial charge >= 0.3 is 7.69 Å². The molecular weight excluding hydrogens is 165 g/mol. The van der Waals surface area contributed by atoms with E-state index < -0.39 is 0 Å². The van der Waals surface area contributed by atoms with Gasteiger partial charge in [0.15, 0.2) is 0 Å². The molecule has 1 aliphatic heterocycles. The van der Waals surface area contributed by atoms with Gasteiger partial charge in [-0.2, -0.15) is 0 Å².